The second kappa shape index (κ2) is 5.72. The van der Waals surface area contributed by atoms with Gasteiger partial charge in [-0.15, -0.1) is 0 Å². The molecule has 1 atom stereocenters. The van der Waals surface area contributed by atoms with Crippen molar-refractivity contribution >= 4 is 17.6 Å². The van der Waals surface area contributed by atoms with Gasteiger partial charge in [0, 0.05) is 6.54 Å². The monoisotopic (exact) mass is 302 g/mol. The molecule has 0 bridgehead atoms. The molecule has 1 heterocycles. The first-order valence-electron chi connectivity index (χ1n) is 6.25. The fraction of sp³-hybridized carbons (Fsp3) is 0.385. The average molecular weight is 302 g/mol. The predicted molar refractivity (Wildman–Crippen MR) is 68.0 cm³/mol. The van der Waals surface area contributed by atoms with Gasteiger partial charge in [-0.05, 0) is 31.2 Å². The van der Waals surface area contributed by atoms with Crippen molar-refractivity contribution in [3.8, 4) is 0 Å². The van der Waals surface area contributed by atoms with Gasteiger partial charge in [-0.2, -0.15) is 13.2 Å². The number of alkyl halides is 3. The Bertz CT molecular complexity index is 566. The van der Waals surface area contributed by atoms with Crippen molar-refractivity contribution < 1.29 is 27.9 Å². The van der Waals surface area contributed by atoms with Crippen LogP contribution in [0.2, 0.25) is 0 Å². The molecule has 1 amide bonds. The molecule has 2 rings (SSSR count). The number of aromatic carboxylic acids is 1. The van der Waals surface area contributed by atoms with Crippen LogP contribution in [0.15, 0.2) is 18.2 Å². The molecule has 0 aromatic heterocycles. The lowest BCUT2D eigenvalue weighted by atomic mass is 10.1. The van der Waals surface area contributed by atoms with Crippen LogP contribution in [0, 0.1) is 5.92 Å². The SMILES string of the molecule is O=C(O)c1ccc(C(F)(F)F)cc1NC(=O)C1CCNC1. The number of hydrogen-bond donors (Lipinski definition) is 3. The van der Waals surface area contributed by atoms with Crippen LogP contribution in [0.3, 0.4) is 0 Å². The van der Waals surface area contributed by atoms with E-state index in [1.54, 1.807) is 0 Å². The fourth-order valence-corrected chi connectivity index (χ4v) is 2.12. The van der Waals surface area contributed by atoms with Crippen molar-refractivity contribution in [2.75, 3.05) is 18.4 Å². The van der Waals surface area contributed by atoms with Crippen molar-refractivity contribution in [3.63, 3.8) is 0 Å². The quantitative estimate of drug-likeness (QED) is 0.797. The second-order valence-corrected chi connectivity index (χ2v) is 4.74. The van der Waals surface area contributed by atoms with Crippen LogP contribution < -0.4 is 10.6 Å². The fourth-order valence-electron chi connectivity index (χ4n) is 2.12. The third-order valence-corrected chi connectivity index (χ3v) is 3.27. The number of anilines is 1. The highest BCUT2D eigenvalue weighted by molar-refractivity contribution is 6.01. The smallest absolute Gasteiger partial charge is 0.416 e. The summed E-state index contributed by atoms with van der Waals surface area (Å²) in [7, 11) is 0. The van der Waals surface area contributed by atoms with Gasteiger partial charge in [-0.25, -0.2) is 4.79 Å². The third-order valence-electron chi connectivity index (χ3n) is 3.27. The maximum atomic E-state index is 12.7. The van der Waals surface area contributed by atoms with Gasteiger partial charge in [0.2, 0.25) is 5.91 Å². The molecule has 1 aromatic rings. The van der Waals surface area contributed by atoms with Crippen molar-refractivity contribution in [1.82, 2.24) is 5.32 Å². The first-order chi connectivity index (χ1) is 9.79. The van der Waals surface area contributed by atoms with E-state index in [-0.39, 0.29) is 17.2 Å². The number of halogens is 3. The number of carboxylic acids is 1. The lowest BCUT2D eigenvalue weighted by molar-refractivity contribution is -0.137. The van der Waals surface area contributed by atoms with E-state index in [0.717, 1.165) is 6.07 Å². The van der Waals surface area contributed by atoms with Crippen LogP contribution in [-0.2, 0) is 11.0 Å². The third kappa shape index (κ3) is 3.52. The molecule has 1 saturated heterocycles. The number of carboxylic acid groups (broad SMARTS) is 1. The average Bonchev–Trinajstić information content (AvgIpc) is 2.91. The number of hydrogen-bond acceptors (Lipinski definition) is 3. The first-order valence-corrected chi connectivity index (χ1v) is 6.25. The van der Waals surface area contributed by atoms with Gasteiger partial charge >= 0.3 is 12.1 Å². The Morgan fingerprint density at radius 2 is 2.05 bits per heavy atom. The summed E-state index contributed by atoms with van der Waals surface area (Å²) in [5.41, 5.74) is -1.72. The van der Waals surface area contributed by atoms with Gasteiger partial charge < -0.3 is 15.7 Å². The summed E-state index contributed by atoms with van der Waals surface area (Å²) in [5.74, 6) is -2.26. The number of carbonyl (C=O) groups is 2. The molecule has 5 nitrogen and oxygen atoms in total. The normalized spacial score (nSPS) is 18.5. The molecule has 8 heteroatoms. The summed E-state index contributed by atoms with van der Waals surface area (Å²) in [6.45, 7) is 1.07. The standard InChI is InChI=1S/C13H13F3N2O3/c14-13(15,16)8-1-2-9(12(20)21)10(5-8)18-11(19)7-3-4-17-6-7/h1-2,5,7,17H,3-4,6H2,(H,18,19)(H,20,21). The van der Waals surface area contributed by atoms with Gasteiger partial charge in [-0.1, -0.05) is 0 Å². The maximum Gasteiger partial charge on any atom is 0.416 e. The van der Waals surface area contributed by atoms with E-state index < -0.39 is 23.6 Å². The highest BCUT2D eigenvalue weighted by Gasteiger charge is 2.32. The van der Waals surface area contributed by atoms with E-state index in [4.69, 9.17) is 5.11 Å². The Hall–Kier alpha value is -2.09. The Balaban J connectivity index is 2.30. The second-order valence-electron chi connectivity index (χ2n) is 4.74. The zero-order valence-corrected chi connectivity index (χ0v) is 10.8. The van der Waals surface area contributed by atoms with Crippen LogP contribution in [-0.4, -0.2) is 30.1 Å². The van der Waals surface area contributed by atoms with Crippen LogP contribution >= 0.6 is 0 Å². The Labute approximate surface area is 118 Å². The number of rotatable bonds is 3. The summed E-state index contributed by atoms with van der Waals surface area (Å²) in [4.78, 5) is 23.0. The van der Waals surface area contributed by atoms with Crippen molar-refractivity contribution in [3.05, 3.63) is 29.3 Å². The van der Waals surface area contributed by atoms with E-state index in [9.17, 15) is 22.8 Å². The molecule has 0 saturated carbocycles. The van der Waals surface area contributed by atoms with Gasteiger partial charge in [0.15, 0.2) is 0 Å². The molecule has 0 spiro atoms. The summed E-state index contributed by atoms with van der Waals surface area (Å²) in [6.07, 6.45) is -4.04. The van der Waals surface area contributed by atoms with E-state index in [1.807, 2.05) is 0 Å². The first kappa shape index (κ1) is 15.3. The van der Waals surface area contributed by atoms with Crippen LogP contribution in [0.4, 0.5) is 18.9 Å². The number of amides is 1. The minimum Gasteiger partial charge on any atom is -0.478 e. The molecule has 21 heavy (non-hydrogen) atoms. The zero-order chi connectivity index (χ0) is 15.6. The van der Waals surface area contributed by atoms with Gasteiger partial charge in [0.05, 0.1) is 22.7 Å². The van der Waals surface area contributed by atoms with Gasteiger partial charge in [-0.3, -0.25) is 4.79 Å². The molecule has 1 aromatic carbocycles. The summed E-state index contributed by atoms with van der Waals surface area (Å²) < 4.78 is 38.0. The molecular weight excluding hydrogens is 289 g/mol. The molecule has 3 N–H and O–H groups in total. The van der Waals surface area contributed by atoms with Crippen LogP contribution in [0.25, 0.3) is 0 Å². The molecular formula is C13H13F3N2O3. The predicted octanol–water partition coefficient (Wildman–Crippen LogP) is 1.95. The highest BCUT2D eigenvalue weighted by atomic mass is 19.4. The Morgan fingerprint density at radius 1 is 1.33 bits per heavy atom. The van der Waals surface area contributed by atoms with E-state index in [1.165, 1.54) is 0 Å². The van der Waals surface area contributed by atoms with Crippen molar-refractivity contribution in [2.45, 2.75) is 12.6 Å². The molecule has 1 fully saturated rings. The lowest BCUT2D eigenvalue weighted by Crippen LogP contribution is -2.25. The number of benzene rings is 1. The van der Waals surface area contributed by atoms with Crippen molar-refractivity contribution in [2.24, 2.45) is 5.92 Å². The van der Waals surface area contributed by atoms with Gasteiger partial charge in [0.1, 0.15) is 0 Å². The largest absolute Gasteiger partial charge is 0.478 e. The number of nitrogens with one attached hydrogen (secondary N) is 2. The van der Waals surface area contributed by atoms with Crippen molar-refractivity contribution in [1.29, 1.82) is 0 Å². The topological polar surface area (TPSA) is 78.4 Å². The molecule has 1 unspecified atom stereocenters. The summed E-state index contributed by atoms with van der Waals surface area (Å²) in [5, 5.41) is 14.2. The van der Waals surface area contributed by atoms with Crippen LogP contribution in [0.1, 0.15) is 22.3 Å². The molecule has 0 radical (unpaired) electrons. The van der Waals surface area contributed by atoms with E-state index >= 15 is 0 Å². The lowest BCUT2D eigenvalue weighted by Gasteiger charge is -2.14. The van der Waals surface area contributed by atoms with E-state index in [2.05, 4.69) is 10.6 Å². The zero-order valence-electron chi connectivity index (χ0n) is 10.8. The van der Waals surface area contributed by atoms with Gasteiger partial charge in [0.25, 0.3) is 0 Å². The van der Waals surface area contributed by atoms with E-state index in [0.29, 0.717) is 31.6 Å². The molecule has 114 valence electrons. The van der Waals surface area contributed by atoms with Crippen LogP contribution in [0.5, 0.6) is 0 Å². The number of carbonyl (C=O) groups excluding carboxylic acids is 1. The molecule has 0 aliphatic carbocycles. The molecule has 1 aliphatic rings. The maximum absolute atomic E-state index is 12.7. The minimum absolute atomic E-state index is 0.339. The summed E-state index contributed by atoms with van der Waals surface area (Å²) in [6, 6.07) is 2.16. The minimum atomic E-state index is -4.61. The Kier molecular flexibility index (Phi) is 4.17. The highest BCUT2D eigenvalue weighted by Crippen LogP contribution is 2.32. The summed E-state index contributed by atoms with van der Waals surface area (Å²) >= 11 is 0. The Morgan fingerprint density at radius 3 is 2.57 bits per heavy atom. The molecule has 1 aliphatic heterocycles.